The van der Waals surface area contributed by atoms with E-state index in [0.29, 0.717) is 9.49 Å². The molecule has 0 nitrogen and oxygen atoms in total. The molecule has 0 spiro atoms. The van der Waals surface area contributed by atoms with Crippen molar-refractivity contribution in [3.63, 3.8) is 0 Å². The number of rotatable bonds is 0. The summed E-state index contributed by atoms with van der Waals surface area (Å²) >= 11 is 2.29. The number of fused-ring (bicyclic) bond motifs is 2. The van der Waals surface area contributed by atoms with Crippen molar-refractivity contribution in [2.24, 2.45) is 17.8 Å². The van der Waals surface area contributed by atoms with Crippen molar-refractivity contribution in [1.82, 2.24) is 0 Å². The fourth-order valence-electron chi connectivity index (χ4n) is 4.06. The summed E-state index contributed by atoms with van der Waals surface area (Å²) in [6.45, 7) is 7.51. The summed E-state index contributed by atoms with van der Waals surface area (Å²) in [5.41, 5.74) is 0. The lowest BCUT2D eigenvalue weighted by atomic mass is 9.56. The average Bonchev–Trinajstić information content (AvgIpc) is 2.58. The normalized spacial score (nSPS) is 67.8. The molecule has 0 N–H and O–H groups in total. The van der Waals surface area contributed by atoms with Crippen LogP contribution in [0.3, 0.4) is 0 Å². The lowest BCUT2D eigenvalue weighted by molar-refractivity contribution is 0.0750. The molecule has 68 valence electrons. The molecule has 0 aromatic rings. The zero-order valence-corrected chi connectivity index (χ0v) is 9.08. The average molecular weight is 182 g/mol. The van der Waals surface area contributed by atoms with Crippen molar-refractivity contribution < 1.29 is 0 Å². The van der Waals surface area contributed by atoms with Gasteiger partial charge in [-0.1, -0.05) is 6.92 Å². The van der Waals surface area contributed by atoms with Crippen molar-refractivity contribution in [2.45, 2.75) is 49.5 Å². The molecule has 1 heterocycles. The summed E-state index contributed by atoms with van der Waals surface area (Å²) < 4.78 is 1.38. The van der Waals surface area contributed by atoms with Crippen molar-refractivity contribution in [3.05, 3.63) is 0 Å². The molecule has 5 unspecified atom stereocenters. The first kappa shape index (κ1) is 7.73. The van der Waals surface area contributed by atoms with Crippen molar-refractivity contribution in [3.8, 4) is 0 Å². The molecule has 1 saturated heterocycles. The van der Waals surface area contributed by atoms with Gasteiger partial charge in [0.2, 0.25) is 0 Å². The zero-order chi connectivity index (χ0) is 8.56. The lowest BCUT2D eigenvalue weighted by Gasteiger charge is -2.47. The Labute approximate surface area is 79.5 Å². The molecule has 0 amide bonds. The summed E-state index contributed by atoms with van der Waals surface area (Å²) in [5.74, 6) is 3.10. The monoisotopic (exact) mass is 182 g/mol. The van der Waals surface area contributed by atoms with Crippen LogP contribution in [0.5, 0.6) is 0 Å². The predicted molar refractivity (Wildman–Crippen MR) is 54.4 cm³/mol. The van der Waals surface area contributed by atoms with Crippen LogP contribution in [0, 0.1) is 17.8 Å². The van der Waals surface area contributed by atoms with Gasteiger partial charge < -0.3 is 0 Å². The van der Waals surface area contributed by atoms with Gasteiger partial charge in [-0.2, -0.15) is 0 Å². The maximum Gasteiger partial charge on any atom is 0.0315 e. The van der Waals surface area contributed by atoms with Crippen LogP contribution in [0.15, 0.2) is 0 Å². The van der Waals surface area contributed by atoms with Gasteiger partial charge in [-0.3, -0.25) is 0 Å². The van der Waals surface area contributed by atoms with Gasteiger partial charge in [0.15, 0.2) is 0 Å². The van der Waals surface area contributed by atoms with Crippen LogP contribution in [0.2, 0.25) is 0 Å². The lowest BCUT2D eigenvalue weighted by Crippen LogP contribution is -2.48. The molecule has 2 bridgehead atoms. The van der Waals surface area contributed by atoms with E-state index in [4.69, 9.17) is 0 Å². The third-order valence-electron chi connectivity index (χ3n) is 5.02. The second kappa shape index (κ2) is 1.89. The molecule has 4 fully saturated rings. The summed E-state index contributed by atoms with van der Waals surface area (Å²) in [4.78, 5) is 0. The van der Waals surface area contributed by atoms with E-state index in [1.807, 2.05) is 0 Å². The Kier molecular flexibility index (Phi) is 1.22. The Morgan fingerprint density at radius 2 is 1.92 bits per heavy atom. The third kappa shape index (κ3) is 0.615. The molecular formula is C11H18S. The van der Waals surface area contributed by atoms with Gasteiger partial charge in [0.05, 0.1) is 0 Å². The number of hydrogen-bond donors (Lipinski definition) is 0. The molecule has 4 aliphatic rings. The first-order chi connectivity index (χ1) is 5.58. The van der Waals surface area contributed by atoms with Crippen molar-refractivity contribution >= 4 is 11.8 Å². The molecule has 0 radical (unpaired) electrons. The second-order valence-electron chi connectivity index (χ2n) is 5.41. The standard InChI is InChI=1S/C11H18S/c1-7-6-8-4-5-9(7)11(3)10(8,2)12-11/h7-9H,4-6H2,1-3H3. The zero-order valence-electron chi connectivity index (χ0n) is 8.26. The highest BCUT2D eigenvalue weighted by Gasteiger charge is 2.73. The van der Waals surface area contributed by atoms with Crippen LogP contribution in [0.1, 0.15) is 40.0 Å². The summed E-state index contributed by atoms with van der Waals surface area (Å²) in [7, 11) is 0. The van der Waals surface area contributed by atoms with E-state index in [2.05, 4.69) is 32.5 Å². The smallest absolute Gasteiger partial charge is 0.0315 e. The largest absolute Gasteiger partial charge is 0.145 e. The van der Waals surface area contributed by atoms with Gasteiger partial charge in [-0.25, -0.2) is 0 Å². The van der Waals surface area contributed by atoms with E-state index in [1.165, 1.54) is 19.3 Å². The van der Waals surface area contributed by atoms with E-state index in [-0.39, 0.29) is 0 Å². The minimum Gasteiger partial charge on any atom is -0.145 e. The minimum absolute atomic E-state index is 0.688. The third-order valence-corrected chi connectivity index (χ3v) is 7.15. The molecule has 12 heavy (non-hydrogen) atoms. The first-order valence-corrected chi connectivity index (χ1v) is 6.10. The molecule has 3 aliphatic carbocycles. The van der Waals surface area contributed by atoms with Gasteiger partial charge >= 0.3 is 0 Å². The van der Waals surface area contributed by atoms with E-state index < -0.39 is 0 Å². The first-order valence-electron chi connectivity index (χ1n) is 5.28. The molecular weight excluding hydrogens is 164 g/mol. The van der Waals surface area contributed by atoms with Gasteiger partial charge in [-0.05, 0) is 50.9 Å². The van der Waals surface area contributed by atoms with E-state index in [0.717, 1.165) is 17.8 Å². The Balaban J connectivity index is 2.02. The Hall–Kier alpha value is 0.350. The summed E-state index contributed by atoms with van der Waals surface area (Å²) in [6, 6.07) is 0. The maximum atomic E-state index is 2.52. The number of thioether (sulfide) groups is 1. The molecule has 3 saturated carbocycles. The molecule has 5 atom stereocenters. The van der Waals surface area contributed by atoms with Gasteiger partial charge in [0.1, 0.15) is 0 Å². The highest BCUT2D eigenvalue weighted by Crippen LogP contribution is 2.78. The number of hydrogen-bond acceptors (Lipinski definition) is 1. The van der Waals surface area contributed by atoms with Gasteiger partial charge in [0.25, 0.3) is 0 Å². The molecule has 1 heteroatoms. The van der Waals surface area contributed by atoms with Gasteiger partial charge in [-0.15, -0.1) is 11.8 Å². The Bertz CT molecular complexity index is 237. The fraction of sp³-hybridized carbons (Fsp3) is 1.00. The molecule has 1 aliphatic heterocycles. The van der Waals surface area contributed by atoms with Gasteiger partial charge in [0, 0.05) is 9.49 Å². The Morgan fingerprint density at radius 1 is 1.17 bits per heavy atom. The van der Waals surface area contributed by atoms with Crippen LogP contribution in [-0.2, 0) is 0 Å². The fourth-order valence-corrected chi connectivity index (χ4v) is 6.09. The molecule has 0 aromatic carbocycles. The van der Waals surface area contributed by atoms with Crippen LogP contribution in [0.4, 0.5) is 0 Å². The van der Waals surface area contributed by atoms with Crippen LogP contribution in [-0.4, -0.2) is 9.49 Å². The Morgan fingerprint density at radius 3 is 2.42 bits per heavy atom. The van der Waals surface area contributed by atoms with Crippen LogP contribution >= 0.6 is 11.8 Å². The highest BCUT2D eigenvalue weighted by atomic mass is 32.2. The van der Waals surface area contributed by atoms with Crippen LogP contribution in [0.25, 0.3) is 0 Å². The molecule has 0 aromatic heterocycles. The van der Waals surface area contributed by atoms with Crippen LogP contribution < -0.4 is 0 Å². The highest BCUT2D eigenvalue weighted by molar-refractivity contribution is 8.09. The van der Waals surface area contributed by atoms with E-state index >= 15 is 0 Å². The maximum absolute atomic E-state index is 2.52. The predicted octanol–water partition coefficient (Wildman–Crippen LogP) is 3.32. The SMILES string of the molecule is CC1CC2CCC1C1(C)SC21C. The van der Waals surface area contributed by atoms with E-state index in [9.17, 15) is 0 Å². The topological polar surface area (TPSA) is 0 Å². The minimum atomic E-state index is 0.688. The summed E-state index contributed by atoms with van der Waals surface area (Å²) in [6.07, 6.45) is 4.56. The van der Waals surface area contributed by atoms with Crippen molar-refractivity contribution in [1.29, 1.82) is 0 Å². The quantitative estimate of drug-likeness (QED) is 0.518. The van der Waals surface area contributed by atoms with Crippen molar-refractivity contribution in [2.75, 3.05) is 0 Å². The molecule has 4 rings (SSSR count). The second-order valence-corrected chi connectivity index (χ2v) is 7.31. The van der Waals surface area contributed by atoms with E-state index in [1.54, 1.807) is 0 Å². The summed E-state index contributed by atoms with van der Waals surface area (Å²) in [5, 5.41) is 0.